The zero-order valence-electron chi connectivity index (χ0n) is 10.3. The van der Waals surface area contributed by atoms with Crippen LogP contribution >= 0.6 is 0 Å². The van der Waals surface area contributed by atoms with Crippen molar-refractivity contribution in [1.82, 2.24) is 9.97 Å². The van der Waals surface area contributed by atoms with E-state index in [9.17, 15) is 9.59 Å². The SMILES string of the molecule is O=C1C=Cc2ccc3nc4ccccc4nc3c2C1=O. The minimum Gasteiger partial charge on any atom is -0.286 e. The Bertz CT molecular complexity index is 942. The topological polar surface area (TPSA) is 59.9 Å². The van der Waals surface area contributed by atoms with Gasteiger partial charge in [-0.3, -0.25) is 9.59 Å². The molecule has 1 aromatic heterocycles. The summed E-state index contributed by atoms with van der Waals surface area (Å²) in [5.74, 6) is -1.03. The van der Waals surface area contributed by atoms with E-state index in [0.29, 0.717) is 27.7 Å². The van der Waals surface area contributed by atoms with Crippen LogP contribution in [0.4, 0.5) is 0 Å². The molecule has 4 rings (SSSR count). The van der Waals surface area contributed by atoms with E-state index in [1.54, 1.807) is 12.1 Å². The van der Waals surface area contributed by atoms with Gasteiger partial charge in [0.2, 0.25) is 11.6 Å². The highest BCUT2D eigenvalue weighted by atomic mass is 16.2. The Kier molecular flexibility index (Phi) is 2.09. The molecule has 0 saturated heterocycles. The van der Waals surface area contributed by atoms with Gasteiger partial charge in [-0.15, -0.1) is 0 Å². The van der Waals surface area contributed by atoms with Gasteiger partial charge in [-0.05, 0) is 29.8 Å². The number of nitrogens with zero attached hydrogens (tertiary/aromatic N) is 2. The fraction of sp³-hybridized carbons (Fsp3) is 0. The Morgan fingerprint density at radius 2 is 1.50 bits per heavy atom. The molecule has 0 radical (unpaired) electrons. The molecule has 4 nitrogen and oxygen atoms in total. The molecular formula is C16H8N2O2. The third-order valence-electron chi connectivity index (χ3n) is 3.41. The van der Waals surface area contributed by atoms with Gasteiger partial charge in [0.25, 0.3) is 0 Å². The third kappa shape index (κ3) is 1.42. The van der Waals surface area contributed by atoms with Crippen LogP contribution in [0, 0.1) is 0 Å². The van der Waals surface area contributed by atoms with Crippen molar-refractivity contribution in [2.24, 2.45) is 0 Å². The molecule has 4 heteroatoms. The number of fused-ring (bicyclic) bond motifs is 4. The van der Waals surface area contributed by atoms with Gasteiger partial charge in [0.15, 0.2) is 0 Å². The molecule has 0 spiro atoms. The summed E-state index contributed by atoms with van der Waals surface area (Å²) in [6, 6.07) is 11.1. The van der Waals surface area contributed by atoms with Crippen molar-refractivity contribution in [1.29, 1.82) is 0 Å². The summed E-state index contributed by atoms with van der Waals surface area (Å²) in [4.78, 5) is 32.7. The van der Waals surface area contributed by atoms with E-state index >= 15 is 0 Å². The number of para-hydroxylation sites is 2. The first kappa shape index (κ1) is 11.0. The molecule has 1 aliphatic rings. The van der Waals surface area contributed by atoms with Crippen LogP contribution in [0.25, 0.3) is 28.1 Å². The normalized spacial score (nSPS) is 14.0. The number of Topliss-reactive ketones (excluding diaryl/α,β-unsaturated/α-hetero) is 1. The van der Waals surface area contributed by atoms with Crippen LogP contribution in [-0.4, -0.2) is 21.5 Å². The maximum Gasteiger partial charge on any atom is 0.235 e. The number of aromatic nitrogens is 2. The van der Waals surface area contributed by atoms with Crippen LogP contribution < -0.4 is 0 Å². The fourth-order valence-electron chi connectivity index (χ4n) is 2.44. The lowest BCUT2D eigenvalue weighted by Crippen LogP contribution is -2.17. The summed E-state index contributed by atoms with van der Waals surface area (Å²) < 4.78 is 0. The second-order valence-electron chi connectivity index (χ2n) is 4.64. The van der Waals surface area contributed by atoms with Crippen molar-refractivity contribution in [2.45, 2.75) is 0 Å². The molecule has 3 aromatic rings. The lowest BCUT2D eigenvalue weighted by Gasteiger charge is -2.11. The predicted octanol–water partition coefficient (Wildman–Crippen LogP) is 2.56. The number of carbonyl (C=O) groups excluding carboxylic acids is 2. The number of hydrogen-bond acceptors (Lipinski definition) is 4. The van der Waals surface area contributed by atoms with Crippen LogP contribution in [0.1, 0.15) is 15.9 Å². The van der Waals surface area contributed by atoms with Gasteiger partial charge in [-0.25, -0.2) is 9.97 Å². The third-order valence-corrected chi connectivity index (χ3v) is 3.41. The Hall–Kier alpha value is -2.88. The largest absolute Gasteiger partial charge is 0.286 e. The van der Waals surface area contributed by atoms with Gasteiger partial charge >= 0.3 is 0 Å². The number of hydrogen-bond donors (Lipinski definition) is 0. The highest BCUT2D eigenvalue weighted by Gasteiger charge is 2.24. The zero-order valence-corrected chi connectivity index (χ0v) is 10.3. The molecule has 0 atom stereocenters. The molecule has 1 heterocycles. The van der Waals surface area contributed by atoms with Crippen molar-refractivity contribution in [3.63, 3.8) is 0 Å². The summed E-state index contributed by atoms with van der Waals surface area (Å²) in [6.45, 7) is 0. The molecule has 20 heavy (non-hydrogen) atoms. The number of rotatable bonds is 0. The van der Waals surface area contributed by atoms with Gasteiger partial charge in [0, 0.05) is 0 Å². The van der Waals surface area contributed by atoms with E-state index in [4.69, 9.17) is 0 Å². The second kappa shape index (κ2) is 3.81. The monoisotopic (exact) mass is 260 g/mol. The van der Waals surface area contributed by atoms with Crippen molar-refractivity contribution < 1.29 is 9.59 Å². The van der Waals surface area contributed by atoms with Gasteiger partial charge in [0.05, 0.1) is 22.1 Å². The van der Waals surface area contributed by atoms with Crippen molar-refractivity contribution in [2.75, 3.05) is 0 Å². The minimum atomic E-state index is -0.516. The van der Waals surface area contributed by atoms with Crippen molar-refractivity contribution in [3.8, 4) is 0 Å². The molecule has 0 N–H and O–H groups in total. The predicted molar refractivity (Wildman–Crippen MR) is 75.4 cm³/mol. The lowest BCUT2D eigenvalue weighted by atomic mass is 9.94. The van der Waals surface area contributed by atoms with Crippen molar-refractivity contribution in [3.05, 3.63) is 53.6 Å². The fourth-order valence-corrected chi connectivity index (χ4v) is 2.44. The number of carbonyl (C=O) groups is 2. The van der Waals surface area contributed by atoms with Crippen molar-refractivity contribution >= 4 is 39.7 Å². The smallest absolute Gasteiger partial charge is 0.235 e. The molecule has 94 valence electrons. The summed E-state index contributed by atoms with van der Waals surface area (Å²) in [7, 11) is 0. The van der Waals surface area contributed by atoms with Gasteiger partial charge in [-0.2, -0.15) is 0 Å². The number of benzene rings is 2. The summed E-state index contributed by atoms with van der Waals surface area (Å²) >= 11 is 0. The first-order valence-corrected chi connectivity index (χ1v) is 6.20. The second-order valence-corrected chi connectivity index (χ2v) is 4.64. The highest BCUT2D eigenvalue weighted by molar-refractivity contribution is 6.51. The molecule has 0 amide bonds. The van der Waals surface area contributed by atoms with E-state index < -0.39 is 11.6 Å². The zero-order chi connectivity index (χ0) is 13.7. The minimum absolute atomic E-state index is 0.355. The quantitative estimate of drug-likeness (QED) is 0.460. The molecular weight excluding hydrogens is 252 g/mol. The molecule has 1 aliphatic carbocycles. The molecule has 2 aromatic carbocycles. The molecule has 0 fully saturated rings. The maximum atomic E-state index is 12.1. The van der Waals surface area contributed by atoms with Gasteiger partial charge < -0.3 is 0 Å². The van der Waals surface area contributed by atoms with Gasteiger partial charge in [0.1, 0.15) is 5.52 Å². The van der Waals surface area contributed by atoms with Crippen LogP contribution in [0.3, 0.4) is 0 Å². The molecule has 0 aliphatic heterocycles. The highest BCUT2D eigenvalue weighted by Crippen LogP contribution is 2.26. The van der Waals surface area contributed by atoms with E-state index in [0.717, 1.165) is 5.52 Å². The van der Waals surface area contributed by atoms with Crippen LogP contribution in [0.2, 0.25) is 0 Å². The molecule has 0 saturated carbocycles. The van der Waals surface area contributed by atoms with E-state index in [1.807, 2.05) is 30.3 Å². The Balaban J connectivity index is 2.18. The number of allylic oxidation sites excluding steroid dienone is 1. The standard InChI is InChI=1S/C16H8N2O2/c19-13-8-6-9-5-7-12-15(14(9)16(13)20)18-11-4-2-1-3-10(11)17-12/h1-8H. The average molecular weight is 260 g/mol. The summed E-state index contributed by atoms with van der Waals surface area (Å²) in [5, 5.41) is 0. The maximum absolute atomic E-state index is 12.1. The number of ketones is 2. The van der Waals surface area contributed by atoms with Crippen LogP contribution in [0.15, 0.2) is 42.5 Å². The summed E-state index contributed by atoms with van der Waals surface area (Å²) in [5.41, 5.74) is 3.66. The van der Waals surface area contributed by atoms with Crippen LogP contribution in [-0.2, 0) is 4.79 Å². The average Bonchev–Trinajstić information content (AvgIpc) is 2.48. The van der Waals surface area contributed by atoms with Gasteiger partial charge in [-0.1, -0.05) is 24.3 Å². The molecule has 0 unspecified atom stereocenters. The first-order valence-electron chi connectivity index (χ1n) is 6.20. The Morgan fingerprint density at radius 3 is 2.30 bits per heavy atom. The van der Waals surface area contributed by atoms with Crippen LogP contribution in [0.5, 0.6) is 0 Å². The Morgan fingerprint density at radius 1 is 0.750 bits per heavy atom. The van der Waals surface area contributed by atoms with E-state index in [-0.39, 0.29) is 0 Å². The molecule has 0 bridgehead atoms. The van der Waals surface area contributed by atoms with E-state index in [2.05, 4.69) is 9.97 Å². The first-order chi connectivity index (χ1) is 9.74. The summed E-state index contributed by atoms with van der Waals surface area (Å²) in [6.07, 6.45) is 2.94. The van der Waals surface area contributed by atoms with E-state index in [1.165, 1.54) is 6.08 Å². The lowest BCUT2D eigenvalue weighted by molar-refractivity contribution is -0.110. The Labute approximate surface area is 113 Å².